The summed E-state index contributed by atoms with van der Waals surface area (Å²) in [6, 6.07) is 2.12. The van der Waals surface area contributed by atoms with Crippen molar-refractivity contribution in [2.24, 2.45) is 11.8 Å². The van der Waals surface area contributed by atoms with Crippen LogP contribution in [0, 0.1) is 18.8 Å². The molecule has 1 aliphatic carbocycles. The molecule has 0 aliphatic heterocycles. The molecule has 0 saturated heterocycles. The standard InChI is InChI=1S/C14H22OS/c1-10(2)12-4-7-14(15,8-5-12)13-11(3)6-9-16-13/h6,9-10,12,15H,4-5,7-8H2,1-3H3. The van der Waals surface area contributed by atoms with E-state index in [2.05, 4.69) is 32.2 Å². The van der Waals surface area contributed by atoms with Crippen molar-refractivity contribution in [1.29, 1.82) is 0 Å². The second-order valence-electron chi connectivity index (χ2n) is 5.55. The predicted octanol–water partition coefficient (Wildman–Crippen LogP) is 4.09. The SMILES string of the molecule is Cc1ccsc1C1(O)CCC(C(C)C)CC1. The van der Waals surface area contributed by atoms with E-state index in [1.165, 1.54) is 23.3 Å². The van der Waals surface area contributed by atoms with Crippen LogP contribution in [-0.2, 0) is 5.60 Å². The molecule has 1 nitrogen and oxygen atoms in total. The minimum Gasteiger partial charge on any atom is -0.384 e. The van der Waals surface area contributed by atoms with E-state index >= 15 is 0 Å². The first kappa shape index (κ1) is 12.1. The maximum Gasteiger partial charge on any atom is 0.0990 e. The molecule has 1 N–H and O–H groups in total. The van der Waals surface area contributed by atoms with Gasteiger partial charge in [-0.2, -0.15) is 0 Å². The van der Waals surface area contributed by atoms with Gasteiger partial charge in [-0.05, 0) is 61.5 Å². The van der Waals surface area contributed by atoms with E-state index in [1.807, 2.05) is 0 Å². The number of hydrogen-bond acceptors (Lipinski definition) is 2. The van der Waals surface area contributed by atoms with Gasteiger partial charge in [0.15, 0.2) is 0 Å². The smallest absolute Gasteiger partial charge is 0.0990 e. The highest BCUT2D eigenvalue weighted by molar-refractivity contribution is 7.10. The molecule has 2 heteroatoms. The molecule has 0 radical (unpaired) electrons. The summed E-state index contributed by atoms with van der Waals surface area (Å²) in [7, 11) is 0. The van der Waals surface area contributed by atoms with Gasteiger partial charge in [0.05, 0.1) is 5.60 Å². The van der Waals surface area contributed by atoms with Crippen LogP contribution in [0.5, 0.6) is 0 Å². The van der Waals surface area contributed by atoms with Crippen LogP contribution in [0.1, 0.15) is 50.0 Å². The van der Waals surface area contributed by atoms with Crippen LogP contribution in [0.25, 0.3) is 0 Å². The second-order valence-corrected chi connectivity index (χ2v) is 6.46. The van der Waals surface area contributed by atoms with Gasteiger partial charge in [0.25, 0.3) is 0 Å². The summed E-state index contributed by atoms with van der Waals surface area (Å²) >= 11 is 1.71. The Bertz CT molecular complexity index is 345. The summed E-state index contributed by atoms with van der Waals surface area (Å²) in [6.07, 6.45) is 4.23. The number of aryl methyl sites for hydroxylation is 1. The topological polar surface area (TPSA) is 20.2 Å². The zero-order valence-electron chi connectivity index (χ0n) is 10.5. The van der Waals surface area contributed by atoms with Gasteiger partial charge >= 0.3 is 0 Å². The van der Waals surface area contributed by atoms with Crippen molar-refractivity contribution in [2.75, 3.05) is 0 Å². The van der Waals surface area contributed by atoms with Crippen molar-refractivity contribution < 1.29 is 5.11 Å². The highest BCUT2D eigenvalue weighted by Crippen LogP contribution is 2.44. The summed E-state index contributed by atoms with van der Waals surface area (Å²) in [5.74, 6) is 1.56. The van der Waals surface area contributed by atoms with Crippen LogP contribution in [0.4, 0.5) is 0 Å². The Balaban J connectivity index is 2.10. The fraction of sp³-hybridized carbons (Fsp3) is 0.714. The Hall–Kier alpha value is -0.340. The monoisotopic (exact) mass is 238 g/mol. The Morgan fingerprint density at radius 2 is 2.00 bits per heavy atom. The van der Waals surface area contributed by atoms with E-state index in [9.17, 15) is 5.11 Å². The normalized spacial score (nSPS) is 30.9. The van der Waals surface area contributed by atoms with Crippen molar-refractivity contribution in [3.05, 3.63) is 21.9 Å². The Morgan fingerprint density at radius 1 is 1.38 bits per heavy atom. The minimum atomic E-state index is -0.524. The first-order chi connectivity index (χ1) is 7.53. The molecule has 0 bridgehead atoms. The molecule has 16 heavy (non-hydrogen) atoms. The maximum atomic E-state index is 10.7. The van der Waals surface area contributed by atoms with Gasteiger partial charge in [0.1, 0.15) is 0 Å². The Kier molecular flexibility index (Phi) is 3.41. The molecule has 0 amide bonds. The molecule has 1 fully saturated rings. The molecule has 0 aromatic carbocycles. The molecular formula is C14H22OS. The molecular weight excluding hydrogens is 216 g/mol. The third kappa shape index (κ3) is 2.18. The van der Waals surface area contributed by atoms with Gasteiger partial charge < -0.3 is 5.11 Å². The molecule has 90 valence electrons. The van der Waals surface area contributed by atoms with E-state index in [0.29, 0.717) is 0 Å². The van der Waals surface area contributed by atoms with Crippen molar-refractivity contribution in [1.82, 2.24) is 0 Å². The van der Waals surface area contributed by atoms with E-state index in [1.54, 1.807) is 11.3 Å². The van der Waals surface area contributed by atoms with Crippen LogP contribution in [0.3, 0.4) is 0 Å². The highest BCUT2D eigenvalue weighted by Gasteiger charge is 2.37. The van der Waals surface area contributed by atoms with E-state index in [0.717, 1.165) is 24.7 Å². The summed E-state index contributed by atoms with van der Waals surface area (Å²) in [4.78, 5) is 1.20. The number of aliphatic hydroxyl groups is 1. The quantitative estimate of drug-likeness (QED) is 0.822. The van der Waals surface area contributed by atoms with Gasteiger partial charge in [0.2, 0.25) is 0 Å². The zero-order chi connectivity index (χ0) is 11.8. The van der Waals surface area contributed by atoms with E-state index in [4.69, 9.17) is 0 Å². The summed E-state index contributed by atoms with van der Waals surface area (Å²) < 4.78 is 0. The Morgan fingerprint density at radius 3 is 2.44 bits per heavy atom. The van der Waals surface area contributed by atoms with E-state index < -0.39 is 5.60 Å². The van der Waals surface area contributed by atoms with Gasteiger partial charge in [-0.3, -0.25) is 0 Å². The van der Waals surface area contributed by atoms with Crippen molar-refractivity contribution in [2.45, 2.75) is 52.1 Å². The maximum absolute atomic E-state index is 10.7. The number of thiophene rings is 1. The van der Waals surface area contributed by atoms with Gasteiger partial charge in [-0.25, -0.2) is 0 Å². The molecule has 0 unspecified atom stereocenters. The summed E-state index contributed by atoms with van der Waals surface area (Å²) in [5, 5.41) is 12.8. The van der Waals surface area contributed by atoms with Crippen LogP contribution in [0.15, 0.2) is 11.4 Å². The third-order valence-electron chi connectivity index (χ3n) is 4.08. The molecule has 0 atom stereocenters. The van der Waals surface area contributed by atoms with Gasteiger partial charge in [-0.15, -0.1) is 11.3 Å². The van der Waals surface area contributed by atoms with Crippen LogP contribution in [0.2, 0.25) is 0 Å². The lowest BCUT2D eigenvalue weighted by molar-refractivity contribution is -0.0172. The fourth-order valence-electron chi connectivity index (χ4n) is 2.86. The minimum absolute atomic E-state index is 0.524. The molecule has 1 heterocycles. The van der Waals surface area contributed by atoms with Crippen LogP contribution < -0.4 is 0 Å². The van der Waals surface area contributed by atoms with Crippen molar-refractivity contribution >= 4 is 11.3 Å². The third-order valence-corrected chi connectivity index (χ3v) is 5.29. The molecule has 0 spiro atoms. The summed E-state index contributed by atoms with van der Waals surface area (Å²) in [6.45, 7) is 6.70. The largest absolute Gasteiger partial charge is 0.384 e. The average molecular weight is 238 g/mol. The van der Waals surface area contributed by atoms with Crippen molar-refractivity contribution in [3.63, 3.8) is 0 Å². The van der Waals surface area contributed by atoms with Gasteiger partial charge in [-0.1, -0.05) is 13.8 Å². The predicted molar refractivity (Wildman–Crippen MR) is 69.7 cm³/mol. The van der Waals surface area contributed by atoms with Gasteiger partial charge in [0, 0.05) is 4.88 Å². The lowest BCUT2D eigenvalue weighted by atomic mass is 9.73. The first-order valence-corrected chi connectivity index (χ1v) is 7.18. The average Bonchev–Trinajstić information content (AvgIpc) is 2.66. The summed E-state index contributed by atoms with van der Waals surface area (Å²) in [5.41, 5.74) is 0.736. The fourth-order valence-corrected chi connectivity index (χ4v) is 3.95. The highest BCUT2D eigenvalue weighted by atomic mass is 32.1. The van der Waals surface area contributed by atoms with Crippen molar-refractivity contribution in [3.8, 4) is 0 Å². The lowest BCUT2D eigenvalue weighted by Crippen LogP contribution is -2.32. The molecule has 2 rings (SSSR count). The Labute approximate surface area is 103 Å². The molecule has 1 saturated carbocycles. The zero-order valence-corrected chi connectivity index (χ0v) is 11.3. The molecule has 1 aromatic heterocycles. The van der Waals surface area contributed by atoms with Crippen LogP contribution >= 0.6 is 11.3 Å². The number of rotatable bonds is 2. The second kappa shape index (κ2) is 4.50. The first-order valence-electron chi connectivity index (χ1n) is 6.30. The molecule has 1 aromatic rings. The van der Waals surface area contributed by atoms with Crippen LogP contribution in [-0.4, -0.2) is 5.11 Å². The number of hydrogen-bond donors (Lipinski definition) is 1. The lowest BCUT2D eigenvalue weighted by Gasteiger charge is -2.37. The van der Waals surface area contributed by atoms with E-state index in [-0.39, 0.29) is 0 Å². The molecule has 1 aliphatic rings.